The summed E-state index contributed by atoms with van der Waals surface area (Å²) in [5.41, 5.74) is 1.17. The predicted octanol–water partition coefficient (Wildman–Crippen LogP) is 2.95. The van der Waals surface area contributed by atoms with Crippen LogP contribution in [0.5, 0.6) is 0 Å². The molecule has 170 valence electrons. The van der Waals surface area contributed by atoms with Crippen LogP contribution in [0, 0.1) is 0 Å². The molecule has 2 N–H and O–H groups in total. The zero-order valence-corrected chi connectivity index (χ0v) is 18.3. The molecule has 0 aromatic carbocycles. The van der Waals surface area contributed by atoms with Gasteiger partial charge >= 0.3 is 0 Å². The molecular formula is C19H19F3N6O2S2. The molecule has 0 unspecified atom stereocenters. The van der Waals surface area contributed by atoms with Gasteiger partial charge in [0.05, 0.1) is 22.1 Å². The van der Waals surface area contributed by atoms with E-state index in [0.717, 1.165) is 12.1 Å². The number of nitrogens with zero attached hydrogens (tertiary/aromatic N) is 4. The molecular weight excluding hydrogens is 465 g/mol. The largest absolute Gasteiger partial charge is 0.313 e. The minimum atomic E-state index is -4.04. The first-order chi connectivity index (χ1) is 15.3. The van der Waals surface area contributed by atoms with Crippen molar-refractivity contribution in [2.45, 2.75) is 36.1 Å². The highest BCUT2D eigenvalue weighted by Crippen LogP contribution is 2.38. The summed E-state index contributed by atoms with van der Waals surface area (Å²) in [7, 11) is -4.04. The van der Waals surface area contributed by atoms with E-state index in [-0.39, 0.29) is 15.7 Å². The number of aromatic nitrogens is 4. The number of imidazole rings is 1. The lowest BCUT2D eigenvalue weighted by atomic mass is 10.0. The van der Waals surface area contributed by atoms with Crippen molar-refractivity contribution in [2.75, 3.05) is 19.8 Å². The quantitative estimate of drug-likeness (QED) is 0.535. The third-order valence-corrected chi connectivity index (χ3v) is 8.09. The second-order valence-electron chi connectivity index (χ2n) is 7.88. The molecule has 0 radical (unpaired) electrons. The number of hydrogen-bond donors (Lipinski definition) is 2. The zero-order chi connectivity index (χ0) is 22.5. The number of rotatable bonds is 7. The Morgan fingerprint density at radius 3 is 2.75 bits per heavy atom. The van der Waals surface area contributed by atoms with Crippen molar-refractivity contribution in [3.63, 3.8) is 0 Å². The van der Waals surface area contributed by atoms with E-state index in [4.69, 9.17) is 0 Å². The monoisotopic (exact) mass is 484 g/mol. The van der Waals surface area contributed by atoms with Gasteiger partial charge in [0.15, 0.2) is 15.8 Å². The highest BCUT2D eigenvalue weighted by Gasteiger charge is 2.46. The van der Waals surface area contributed by atoms with E-state index in [1.807, 2.05) is 6.08 Å². The molecule has 1 saturated carbocycles. The summed E-state index contributed by atoms with van der Waals surface area (Å²) in [6, 6.07) is 1.55. The van der Waals surface area contributed by atoms with E-state index in [1.165, 1.54) is 10.6 Å². The number of alkyl halides is 3. The molecule has 0 saturated heterocycles. The van der Waals surface area contributed by atoms with Crippen molar-refractivity contribution in [3.8, 4) is 10.8 Å². The van der Waals surface area contributed by atoms with Gasteiger partial charge in [0.25, 0.3) is 6.43 Å². The fourth-order valence-electron chi connectivity index (χ4n) is 3.67. The van der Waals surface area contributed by atoms with Gasteiger partial charge in [-0.25, -0.2) is 31.3 Å². The average Bonchev–Trinajstić information content (AvgIpc) is 3.18. The normalized spacial score (nSPS) is 18.3. The molecule has 3 aromatic heterocycles. The highest BCUT2D eigenvalue weighted by molar-refractivity contribution is 7.89. The maximum Gasteiger partial charge on any atom is 0.291 e. The van der Waals surface area contributed by atoms with Crippen LogP contribution >= 0.6 is 11.3 Å². The first kappa shape index (κ1) is 21.5. The molecule has 1 aliphatic carbocycles. The number of fused-ring (bicyclic) bond motifs is 1. The van der Waals surface area contributed by atoms with Gasteiger partial charge in [-0.2, -0.15) is 0 Å². The highest BCUT2D eigenvalue weighted by atomic mass is 32.2. The first-order valence-corrected chi connectivity index (χ1v) is 12.2. The van der Waals surface area contributed by atoms with Crippen molar-refractivity contribution in [3.05, 3.63) is 35.1 Å². The summed E-state index contributed by atoms with van der Waals surface area (Å²) in [6.45, 7) is 0.583. The second-order valence-corrected chi connectivity index (χ2v) is 10.6. The minimum Gasteiger partial charge on any atom is -0.313 e. The Morgan fingerprint density at radius 1 is 1.31 bits per heavy atom. The Hall–Kier alpha value is -2.35. The lowest BCUT2D eigenvalue weighted by Gasteiger charge is -2.18. The first-order valence-electron chi connectivity index (χ1n) is 9.95. The van der Waals surface area contributed by atoms with Gasteiger partial charge in [0.2, 0.25) is 10.0 Å². The number of hydrogen-bond acceptors (Lipinski definition) is 7. The standard InChI is InChI=1S/C19H19F3N6O2S2/c20-10-19(3-4-19)27-32(29,30)12-7-13(11-1-5-23-6-2-11)14-8-24-16(28(14)9-12)18-26-25-17(31-18)15(21)22/h1,7-9,15,23,27H,2-6,10H2. The second kappa shape index (κ2) is 7.90. The number of pyridine rings is 1. The molecule has 0 amide bonds. The SMILES string of the molecule is O=S(=O)(NC1(CF)CC1)c1cc(C2=CCNCC2)c2cnc(-c3nnc(C(F)F)s3)n2c1. The summed E-state index contributed by atoms with van der Waals surface area (Å²) in [4.78, 5) is 4.27. The molecule has 2 aliphatic rings. The molecule has 1 aliphatic heterocycles. The summed E-state index contributed by atoms with van der Waals surface area (Å²) >= 11 is 0.697. The van der Waals surface area contributed by atoms with E-state index < -0.39 is 33.7 Å². The van der Waals surface area contributed by atoms with Crippen LogP contribution in [0.2, 0.25) is 0 Å². The van der Waals surface area contributed by atoms with Gasteiger partial charge in [-0.1, -0.05) is 17.4 Å². The van der Waals surface area contributed by atoms with E-state index >= 15 is 0 Å². The molecule has 3 aromatic rings. The molecule has 8 nitrogen and oxygen atoms in total. The van der Waals surface area contributed by atoms with E-state index in [2.05, 4.69) is 25.2 Å². The molecule has 32 heavy (non-hydrogen) atoms. The van der Waals surface area contributed by atoms with E-state index in [0.29, 0.717) is 48.2 Å². The van der Waals surface area contributed by atoms with Crippen molar-refractivity contribution >= 4 is 32.4 Å². The maximum absolute atomic E-state index is 13.4. The Bertz CT molecular complexity index is 1310. The molecule has 0 atom stereocenters. The smallest absolute Gasteiger partial charge is 0.291 e. The van der Waals surface area contributed by atoms with Gasteiger partial charge in [-0.05, 0) is 37.4 Å². The molecule has 5 rings (SSSR count). The minimum absolute atomic E-state index is 0.0583. The van der Waals surface area contributed by atoms with E-state index in [1.54, 1.807) is 12.3 Å². The summed E-state index contributed by atoms with van der Waals surface area (Å²) < 4.78 is 69.6. The van der Waals surface area contributed by atoms with Crippen LogP contribution in [-0.2, 0) is 10.0 Å². The molecule has 0 spiro atoms. The Balaban J connectivity index is 1.68. The van der Waals surface area contributed by atoms with Gasteiger partial charge in [-0.3, -0.25) is 4.40 Å². The number of nitrogens with one attached hydrogen (secondary N) is 2. The maximum atomic E-state index is 13.4. The van der Waals surface area contributed by atoms with Crippen LogP contribution in [0.15, 0.2) is 29.4 Å². The van der Waals surface area contributed by atoms with Crippen molar-refractivity contribution in [1.29, 1.82) is 0 Å². The van der Waals surface area contributed by atoms with Crippen molar-refractivity contribution in [2.24, 2.45) is 0 Å². The summed E-state index contributed by atoms with van der Waals surface area (Å²) in [5.74, 6) is 0.212. The fraction of sp³-hybridized carbons (Fsp3) is 0.421. The number of halogens is 3. The van der Waals surface area contributed by atoms with Crippen LogP contribution in [0.25, 0.3) is 21.9 Å². The van der Waals surface area contributed by atoms with Gasteiger partial charge in [0, 0.05) is 18.3 Å². The number of sulfonamides is 1. The Labute approximate surface area is 185 Å². The summed E-state index contributed by atoms with van der Waals surface area (Å²) in [5, 5.41) is 10.2. The molecule has 1 fully saturated rings. The zero-order valence-electron chi connectivity index (χ0n) is 16.7. The van der Waals surface area contributed by atoms with Crippen LogP contribution < -0.4 is 10.0 Å². The van der Waals surface area contributed by atoms with Gasteiger partial charge in [-0.15, -0.1) is 10.2 Å². The third kappa shape index (κ3) is 3.83. The van der Waals surface area contributed by atoms with Crippen LogP contribution in [-0.4, -0.2) is 53.3 Å². The van der Waals surface area contributed by atoms with Crippen molar-refractivity contribution < 1.29 is 21.6 Å². The molecule has 4 heterocycles. The van der Waals surface area contributed by atoms with Crippen molar-refractivity contribution in [1.82, 2.24) is 29.6 Å². The van der Waals surface area contributed by atoms with Crippen LogP contribution in [0.4, 0.5) is 13.2 Å². The fourth-order valence-corrected chi connectivity index (χ4v) is 5.83. The van der Waals surface area contributed by atoms with Gasteiger partial charge in [0.1, 0.15) is 6.67 Å². The third-order valence-electron chi connectivity index (χ3n) is 5.61. The topological polar surface area (TPSA) is 101 Å². The lowest BCUT2D eigenvalue weighted by molar-refractivity contribution is 0.150. The lowest BCUT2D eigenvalue weighted by Crippen LogP contribution is -2.38. The van der Waals surface area contributed by atoms with E-state index in [9.17, 15) is 21.6 Å². The van der Waals surface area contributed by atoms with Crippen LogP contribution in [0.3, 0.4) is 0 Å². The Morgan fingerprint density at radius 2 is 2.12 bits per heavy atom. The summed E-state index contributed by atoms with van der Waals surface area (Å²) in [6.07, 6.45) is 3.68. The molecule has 0 bridgehead atoms. The predicted molar refractivity (Wildman–Crippen MR) is 113 cm³/mol. The van der Waals surface area contributed by atoms with Gasteiger partial charge < -0.3 is 5.32 Å². The average molecular weight is 485 g/mol. The molecule has 13 heteroatoms. The Kier molecular flexibility index (Phi) is 5.31. The van der Waals surface area contributed by atoms with Crippen LogP contribution in [0.1, 0.15) is 36.3 Å².